The zero-order chi connectivity index (χ0) is 24.9. The Labute approximate surface area is 201 Å². The van der Waals surface area contributed by atoms with Crippen molar-refractivity contribution in [2.24, 2.45) is 5.92 Å². The molecule has 0 aromatic heterocycles. The van der Waals surface area contributed by atoms with Crippen molar-refractivity contribution in [1.82, 2.24) is 4.90 Å². The van der Waals surface area contributed by atoms with Gasteiger partial charge in [0.1, 0.15) is 6.42 Å². The van der Waals surface area contributed by atoms with E-state index in [1.807, 2.05) is 54.6 Å². The van der Waals surface area contributed by atoms with Crippen molar-refractivity contribution < 1.29 is 28.6 Å². The number of imide groups is 1. The first kappa shape index (κ1) is 26.6. The number of carbonyl (C=O) groups excluding carboxylic acids is 3. The van der Waals surface area contributed by atoms with Gasteiger partial charge in [0, 0.05) is 6.42 Å². The monoisotopic (exact) mass is 467 g/mol. The Hall–Kier alpha value is -3.61. The van der Waals surface area contributed by atoms with Crippen molar-refractivity contribution in [3.63, 3.8) is 0 Å². The average molecular weight is 468 g/mol. The molecule has 0 fully saturated rings. The smallest absolute Gasteiger partial charge is 0.315 e. The van der Waals surface area contributed by atoms with Crippen LogP contribution in [0.25, 0.3) is 0 Å². The van der Waals surface area contributed by atoms with Crippen molar-refractivity contribution in [1.29, 1.82) is 0 Å². The number of ether oxygens (including phenoxy) is 3. The first-order valence-corrected chi connectivity index (χ1v) is 11.3. The van der Waals surface area contributed by atoms with Crippen LogP contribution in [0.15, 0.2) is 61.2 Å². The number of carbonyl (C=O) groups is 3. The van der Waals surface area contributed by atoms with Gasteiger partial charge in [-0.25, -0.2) is 0 Å². The molecule has 0 saturated heterocycles. The van der Waals surface area contributed by atoms with Crippen molar-refractivity contribution in [3.05, 3.63) is 72.3 Å². The zero-order valence-corrected chi connectivity index (χ0v) is 20.1. The molecule has 1 unspecified atom stereocenters. The third-order valence-corrected chi connectivity index (χ3v) is 5.39. The minimum absolute atomic E-state index is 0.0146. The Morgan fingerprint density at radius 3 is 2.29 bits per heavy atom. The van der Waals surface area contributed by atoms with Crippen molar-refractivity contribution in [2.45, 2.75) is 39.2 Å². The van der Waals surface area contributed by atoms with E-state index in [4.69, 9.17) is 14.2 Å². The molecule has 0 aliphatic heterocycles. The molecular formula is C27H33NO6. The quantitative estimate of drug-likeness (QED) is 0.248. The fraction of sp³-hybridized carbons (Fsp3) is 0.370. The van der Waals surface area contributed by atoms with Crippen LogP contribution >= 0.6 is 0 Å². The van der Waals surface area contributed by atoms with Gasteiger partial charge < -0.3 is 14.2 Å². The summed E-state index contributed by atoms with van der Waals surface area (Å²) in [6.07, 6.45) is 2.65. The molecule has 2 rings (SSSR count). The third kappa shape index (κ3) is 8.06. The van der Waals surface area contributed by atoms with E-state index >= 15 is 0 Å². The number of amides is 2. The largest absolute Gasteiger partial charge is 0.493 e. The van der Waals surface area contributed by atoms with Gasteiger partial charge in [0.05, 0.1) is 27.4 Å². The van der Waals surface area contributed by atoms with Gasteiger partial charge in [-0.1, -0.05) is 42.5 Å². The molecule has 2 aromatic carbocycles. The molecule has 7 heteroatoms. The molecule has 0 spiro atoms. The van der Waals surface area contributed by atoms with Crippen LogP contribution in [-0.2, 0) is 32.1 Å². The molecule has 2 aromatic rings. The molecule has 0 radical (unpaired) electrons. The number of rotatable bonds is 13. The maximum absolute atomic E-state index is 13.1. The third-order valence-electron chi connectivity index (χ3n) is 5.39. The Bertz CT molecular complexity index is 972. The fourth-order valence-corrected chi connectivity index (χ4v) is 3.57. The maximum atomic E-state index is 13.1. The molecule has 7 nitrogen and oxygen atoms in total. The number of esters is 1. The second-order valence-electron chi connectivity index (χ2n) is 7.77. The van der Waals surface area contributed by atoms with Crippen LogP contribution in [-0.4, -0.2) is 43.5 Å². The van der Waals surface area contributed by atoms with Crippen LogP contribution in [0.3, 0.4) is 0 Å². The summed E-state index contributed by atoms with van der Waals surface area (Å²) in [5.41, 5.74) is 1.83. The standard InChI is InChI=1S/C27H33NO6/c1-5-20(16-22-12-14-23(32-3)24(17-22)33-4)13-15-25(29)28(19-21-10-8-7-9-11-21)26(30)18-27(31)34-6-2/h5,7-12,14,17,20H,1,6,13,15-16,18-19H2,2-4H3. The molecule has 0 aliphatic carbocycles. The van der Waals surface area contributed by atoms with E-state index in [-0.39, 0.29) is 31.4 Å². The highest BCUT2D eigenvalue weighted by Crippen LogP contribution is 2.29. The van der Waals surface area contributed by atoms with E-state index in [9.17, 15) is 14.4 Å². The van der Waals surface area contributed by atoms with E-state index in [0.717, 1.165) is 16.0 Å². The predicted octanol–water partition coefficient (Wildman–Crippen LogP) is 4.34. The molecular weight excluding hydrogens is 434 g/mol. The summed E-state index contributed by atoms with van der Waals surface area (Å²) in [7, 11) is 3.17. The summed E-state index contributed by atoms with van der Waals surface area (Å²) in [4.78, 5) is 38.8. The summed E-state index contributed by atoms with van der Waals surface area (Å²) >= 11 is 0. The lowest BCUT2D eigenvalue weighted by atomic mass is 9.94. The summed E-state index contributed by atoms with van der Waals surface area (Å²) in [5, 5.41) is 0. The van der Waals surface area contributed by atoms with E-state index in [0.29, 0.717) is 24.3 Å². The Kier molecular flexibility index (Phi) is 10.8. The average Bonchev–Trinajstić information content (AvgIpc) is 2.85. The van der Waals surface area contributed by atoms with E-state index in [1.165, 1.54) is 0 Å². The highest BCUT2D eigenvalue weighted by molar-refractivity contribution is 6.02. The Morgan fingerprint density at radius 2 is 1.68 bits per heavy atom. The van der Waals surface area contributed by atoms with Gasteiger partial charge in [-0.15, -0.1) is 6.58 Å². The number of methoxy groups -OCH3 is 2. The second-order valence-corrected chi connectivity index (χ2v) is 7.77. The summed E-state index contributed by atoms with van der Waals surface area (Å²) in [6.45, 7) is 5.86. The van der Waals surface area contributed by atoms with Gasteiger partial charge in [0.25, 0.3) is 0 Å². The van der Waals surface area contributed by atoms with Gasteiger partial charge in [0.15, 0.2) is 11.5 Å². The lowest BCUT2D eigenvalue weighted by Gasteiger charge is -2.22. The molecule has 1 atom stereocenters. The highest BCUT2D eigenvalue weighted by Gasteiger charge is 2.25. The SMILES string of the molecule is C=CC(CCC(=O)N(Cc1ccccc1)C(=O)CC(=O)OCC)Cc1ccc(OC)c(OC)c1. The topological polar surface area (TPSA) is 82.1 Å². The minimum atomic E-state index is -0.643. The molecule has 0 bridgehead atoms. The lowest BCUT2D eigenvalue weighted by Crippen LogP contribution is -2.37. The van der Waals surface area contributed by atoms with Crippen LogP contribution in [0.5, 0.6) is 11.5 Å². The number of hydrogen-bond acceptors (Lipinski definition) is 6. The second kappa shape index (κ2) is 13.8. The molecule has 0 heterocycles. The molecule has 34 heavy (non-hydrogen) atoms. The van der Waals surface area contributed by atoms with Crippen molar-refractivity contribution >= 4 is 17.8 Å². The first-order valence-electron chi connectivity index (χ1n) is 11.3. The molecule has 2 amide bonds. The van der Waals surface area contributed by atoms with E-state index < -0.39 is 18.3 Å². The lowest BCUT2D eigenvalue weighted by molar-refractivity contribution is -0.152. The normalized spacial score (nSPS) is 11.3. The van der Waals surface area contributed by atoms with E-state index in [2.05, 4.69) is 6.58 Å². The molecule has 0 N–H and O–H groups in total. The Balaban J connectivity index is 2.07. The van der Waals surface area contributed by atoms with Gasteiger partial charge in [0.2, 0.25) is 11.8 Å². The van der Waals surface area contributed by atoms with Crippen LogP contribution in [0.1, 0.15) is 37.3 Å². The maximum Gasteiger partial charge on any atom is 0.315 e. The first-order chi connectivity index (χ1) is 16.4. The van der Waals surface area contributed by atoms with Gasteiger partial charge in [-0.3, -0.25) is 19.3 Å². The van der Waals surface area contributed by atoms with E-state index in [1.54, 1.807) is 21.1 Å². The zero-order valence-electron chi connectivity index (χ0n) is 20.1. The van der Waals surface area contributed by atoms with Crippen LogP contribution in [0, 0.1) is 5.92 Å². The summed E-state index contributed by atoms with van der Waals surface area (Å²) in [5.74, 6) is -0.248. The van der Waals surface area contributed by atoms with Crippen molar-refractivity contribution in [2.75, 3.05) is 20.8 Å². The molecule has 182 valence electrons. The van der Waals surface area contributed by atoms with Crippen LogP contribution in [0.2, 0.25) is 0 Å². The van der Waals surface area contributed by atoms with Gasteiger partial charge >= 0.3 is 5.97 Å². The molecule has 0 aliphatic rings. The number of hydrogen-bond donors (Lipinski definition) is 0. The summed E-state index contributed by atoms with van der Waals surface area (Å²) < 4.78 is 15.5. The highest BCUT2D eigenvalue weighted by atomic mass is 16.5. The number of benzene rings is 2. The predicted molar refractivity (Wildman–Crippen MR) is 129 cm³/mol. The van der Waals surface area contributed by atoms with Gasteiger partial charge in [-0.05, 0) is 48.9 Å². The minimum Gasteiger partial charge on any atom is -0.493 e. The summed E-state index contributed by atoms with van der Waals surface area (Å²) in [6, 6.07) is 14.9. The van der Waals surface area contributed by atoms with Crippen LogP contribution in [0.4, 0.5) is 0 Å². The Morgan fingerprint density at radius 1 is 0.971 bits per heavy atom. The fourth-order valence-electron chi connectivity index (χ4n) is 3.57. The van der Waals surface area contributed by atoms with Crippen LogP contribution < -0.4 is 9.47 Å². The van der Waals surface area contributed by atoms with Gasteiger partial charge in [-0.2, -0.15) is 0 Å². The van der Waals surface area contributed by atoms with Crippen molar-refractivity contribution in [3.8, 4) is 11.5 Å². The molecule has 0 saturated carbocycles. The number of nitrogens with zero attached hydrogens (tertiary/aromatic N) is 1. The number of allylic oxidation sites excluding steroid dienone is 1.